The Balaban J connectivity index is 0.00000312. The summed E-state index contributed by atoms with van der Waals surface area (Å²) in [6.07, 6.45) is 0. The Hall–Kier alpha value is -1.06. The van der Waals surface area contributed by atoms with E-state index in [0.29, 0.717) is 24.5 Å². The second-order valence-corrected chi connectivity index (χ2v) is 6.70. The molecule has 1 aromatic rings. The largest absolute Gasteiger partial charge is 0.495 e. The standard InChI is InChI=1S/C18H31N5O.HI/c1-14(2)16(23-11-9-22(3)10-12-23)13-20-18(19)21-15-7-5-6-8-17(15)24-4;/h5-8,14,16H,9-13H2,1-4H3,(H3,19,20,21);1H. The van der Waals surface area contributed by atoms with Crippen LogP contribution in [0.1, 0.15) is 13.8 Å². The quantitative estimate of drug-likeness (QED) is 0.387. The van der Waals surface area contributed by atoms with Crippen LogP contribution in [0.25, 0.3) is 0 Å². The zero-order valence-corrected chi connectivity index (χ0v) is 18.1. The van der Waals surface area contributed by atoms with E-state index in [1.807, 2.05) is 24.3 Å². The lowest BCUT2D eigenvalue weighted by Gasteiger charge is -2.39. The molecule has 3 N–H and O–H groups in total. The van der Waals surface area contributed by atoms with Crippen LogP contribution in [0, 0.1) is 5.92 Å². The predicted octanol–water partition coefficient (Wildman–Crippen LogP) is 2.31. The fraction of sp³-hybridized carbons (Fsp3) is 0.611. The summed E-state index contributed by atoms with van der Waals surface area (Å²) in [5, 5.41) is 3.14. The lowest BCUT2D eigenvalue weighted by Crippen LogP contribution is -2.51. The Kier molecular flexibility index (Phi) is 9.52. The van der Waals surface area contributed by atoms with Gasteiger partial charge in [0.2, 0.25) is 0 Å². The van der Waals surface area contributed by atoms with Gasteiger partial charge in [-0.2, -0.15) is 0 Å². The third kappa shape index (κ3) is 6.63. The molecule has 2 rings (SSSR count). The number of hydrogen-bond donors (Lipinski definition) is 2. The summed E-state index contributed by atoms with van der Waals surface area (Å²) in [6, 6.07) is 8.12. The fourth-order valence-electron chi connectivity index (χ4n) is 3.02. The minimum atomic E-state index is 0. The van der Waals surface area contributed by atoms with Gasteiger partial charge in [0, 0.05) is 32.2 Å². The van der Waals surface area contributed by atoms with Gasteiger partial charge >= 0.3 is 0 Å². The van der Waals surface area contributed by atoms with Gasteiger partial charge in [0.25, 0.3) is 0 Å². The van der Waals surface area contributed by atoms with Gasteiger partial charge in [0.15, 0.2) is 5.96 Å². The van der Waals surface area contributed by atoms with E-state index in [-0.39, 0.29) is 24.0 Å². The maximum absolute atomic E-state index is 6.09. The van der Waals surface area contributed by atoms with Gasteiger partial charge in [-0.15, -0.1) is 24.0 Å². The summed E-state index contributed by atoms with van der Waals surface area (Å²) in [6.45, 7) is 9.62. The smallest absolute Gasteiger partial charge is 0.193 e. The zero-order valence-electron chi connectivity index (χ0n) is 15.7. The highest BCUT2D eigenvalue weighted by Gasteiger charge is 2.24. The van der Waals surface area contributed by atoms with Crippen LogP contribution >= 0.6 is 24.0 Å². The Morgan fingerprint density at radius 1 is 1.24 bits per heavy atom. The number of anilines is 1. The van der Waals surface area contributed by atoms with E-state index in [4.69, 9.17) is 10.5 Å². The van der Waals surface area contributed by atoms with E-state index in [1.165, 1.54) is 0 Å². The molecule has 6 nitrogen and oxygen atoms in total. The summed E-state index contributed by atoms with van der Waals surface area (Å²) in [7, 11) is 3.82. The number of nitrogens with one attached hydrogen (secondary N) is 1. The summed E-state index contributed by atoms with van der Waals surface area (Å²) < 4.78 is 5.33. The maximum atomic E-state index is 6.09. The molecule has 142 valence electrons. The average Bonchev–Trinajstić information content (AvgIpc) is 2.57. The summed E-state index contributed by atoms with van der Waals surface area (Å²) in [5.74, 6) is 1.73. The number of para-hydroxylation sites is 2. The molecular weight excluding hydrogens is 429 g/mol. The number of nitrogens with zero attached hydrogens (tertiary/aromatic N) is 3. The number of nitrogens with two attached hydrogens (primary N) is 1. The van der Waals surface area contributed by atoms with Crippen molar-refractivity contribution in [3.05, 3.63) is 24.3 Å². The second kappa shape index (κ2) is 10.8. The molecular formula is C18H32IN5O. The highest BCUT2D eigenvalue weighted by atomic mass is 127. The van der Waals surface area contributed by atoms with Gasteiger partial charge in [0.1, 0.15) is 5.75 Å². The average molecular weight is 461 g/mol. The van der Waals surface area contributed by atoms with Crippen molar-refractivity contribution in [3.63, 3.8) is 0 Å². The van der Waals surface area contributed by atoms with E-state index in [0.717, 1.165) is 37.6 Å². The van der Waals surface area contributed by atoms with Crippen LogP contribution in [0.15, 0.2) is 29.3 Å². The molecule has 0 saturated carbocycles. The van der Waals surface area contributed by atoms with Crippen LogP contribution < -0.4 is 15.8 Å². The van der Waals surface area contributed by atoms with Crippen molar-refractivity contribution in [1.82, 2.24) is 9.80 Å². The number of guanidine groups is 1. The van der Waals surface area contributed by atoms with Crippen LogP contribution in [0.4, 0.5) is 5.69 Å². The molecule has 7 heteroatoms. The highest BCUT2D eigenvalue weighted by molar-refractivity contribution is 14.0. The summed E-state index contributed by atoms with van der Waals surface area (Å²) in [4.78, 5) is 9.49. The molecule has 1 aliphatic rings. The molecule has 1 atom stereocenters. The van der Waals surface area contributed by atoms with Gasteiger partial charge in [-0.05, 0) is 25.1 Å². The van der Waals surface area contributed by atoms with Crippen LogP contribution in [-0.4, -0.2) is 68.7 Å². The molecule has 0 radical (unpaired) electrons. The molecule has 0 amide bonds. The van der Waals surface area contributed by atoms with E-state index >= 15 is 0 Å². The Bertz CT molecular complexity index is 544. The second-order valence-electron chi connectivity index (χ2n) is 6.70. The topological polar surface area (TPSA) is 66.1 Å². The van der Waals surface area contributed by atoms with Crippen molar-refractivity contribution >= 4 is 35.6 Å². The summed E-state index contributed by atoms with van der Waals surface area (Å²) >= 11 is 0. The number of hydrogen-bond acceptors (Lipinski definition) is 4. The SMILES string of the molecule is COc1ccccc1NC(N)=NCC(C(C)C)N1CCN(C)CC1.I. The molecule has 0 aliphatic carbocycles. The number of halogens is 1. The van der Waals surface area contributed by atoms with Crippen molar-refractivity contribution in [1.29, 1.82) is 0 Å². The fourth-order valence-corrected chi connectivity index (χ4v) is 3.02. The third-order valence-electron chi connectivity index (χ3n) is 4.59. The Labute approximate surface area is 168 Å². The van der Waals surface area contributed by atoms with Gasteiger partial charge in [0.05, 0.1) is 19.3 Å². The molecule has 0 spiro atoms. The number of likely N-dealkylation sites (N-methyl/N-ethyl adjacent to an activating group) is 1. The van der Waals surface area contributed by atoms with Gasteiger partial charge < -0.3 is 20.7 Å². The number of benzene rings is 1. The zero-order chi connectivity index (χ0) is 17.5. The van der Waals surface area contributed by atoms with Crippen molar-refractivity contribution in [3.8, 4) is 5.75 Å². The van der Waals surface area contributed by atoms with Gasteiger partial charge in [-0.3, -0.25) is 9.89 Å². The lowest BCUT2D eigenvalue weighted by atomic mass is 10.0. The van der Waals surface area contributed by atoms with Gasteiger partial charge in [-0.1, -0.05) is 26.0 Å². The van der Waals surface area contributed by atoms with Crippen molar-refractivity contribution in [2.24, 2.45) is 16.6 Å². The third-order valence-corrected chi connectivity index (χ3v) is 4.59. The highest BCUT2D eigenvalue weighted by Crippen LogP contribution is 2.22. The lowest BCUT2D eigenvalue weighted by molar-refractivity contribution is 0.0926. The molecule has 1 aromatic carbocycles. The molecule has 1 unspecified atom stereocenters. The van der Waals surface area contributed by atoms with Crippen LogP contribution in [0.3, 0.4) is 0 Å². The predicted molar refractivity (Wildman–Crippen MR) is 116 cm³/mol. The van der Waals surface area contributed by atoms with E-state index < -0.39 is 0 Å². The Morgan fingerprint density at radius 2 is 1.88 bits per heavy atom. The molecule has 1 saturated heterocycles. The number of methoxy groups -OCH3 is 1. The number of piperazine rings is 1. The molecule has 0 bridgehead atoms. The first-order chi connectivity index (χ1) is 11.5. The molecule has 1 fully saturated rings. The first-order valence-electron chi connectivity index (χ1n) is 8.63. The van der Waals surface area contributed by atoms with Crippen molar-refractivity contribution in [2.45, 2.75) is 19.9 Å². The number of aliphatic imine (C=N–C) groups is 1. The van der Waals surface area contributed by atoms with E-state index in [1.54, 1.807) is 7.11 Å². The number of rotatable bonds is 6. The summed E-state index contributed by atoms with van der Waals surface area (Å²) in [5.41, 5.74) is 6.92. The van der Waals surface area contributed by atoms with Crippen molar-refractivity contribution < 1.29 is 4.74 Å². The van der Waals surface area contributed by atoms with Crippen LogP contribution in [0.5, 0.6) is 5.75 Å². The Morgan fingerprint density at radius 3 is 2.48 bits per heavy atom. The van der Waals surface area contributed by atoms with E-state index in [9.17, 15) is 0 Å². The number of ether oxygens (including phenoxy) is 1. The molecule has 1 aliphatic heterocycles. The molecule has 1 heterocycles. The maximum Gasteiger partial charge on any atom is 0.193 e. The van der Waals surface area contributed by atoms with Crippen LogP contribution in [0.2, 0.25) is 0 Å². The first kappa shape index (κ1) is 22.0. The minimum Gasteiger partial charge on any atom is -0.495 e. The van der Waals surface area contributed by atoms with Crippen LogP contribution in [-0.2, 0) is 0 Å². The van der Waals surface area contributed by atoms with E-state index in [2.05, 4.69) is 41.0 Å². The monoisotopic (exact) mass is 461 g/mol. The molecule has 0 aromatic heterocycles. The van der Waals surface area contributed by atoms with Gasteiger partial charge in [-0.25, -0.2) is 0 Å². The van der Waals surface area contributed by atoms with Crippen molar-refractivity contribution in [2.75, 3.05) is 52.2 Å². The molecule has 25 heavy (non-hydrogen) atoms. The first-order valence-corrected chi connectivity index (χ1v) is 8.63. The minimum absolute atomic E-state index is 0. The normalized spacial score (nSPS) is 17.9.